The van der Waals surface area contributed by atoms with Crippen molar-refractivity contribution in [3.63, 3.8) is 0 Å². The van der Waals surface area contributed by atoms with Crippen LogP contribution in [0.25, 0.3) is 0 Å². The van der Waals surface area contributed by atoms with Gasteiger partial charge in [-0.25, -0.2) is 0 Å². The van der Waals surface area contributed by atoms with Crippen LogP contribution >= 0.6 is 0 Å². The maximum Gasteiger partial charge on any atom is 0.163 e. The third-order valence-electron chi connectivity index (χ3n) is 3.29. The zero-order valence-electron chi connectivity index (χ0n) is 11.9. The molecule has 5 heteroatoms. The summed E-state index contributed by atoms with van der Waals surface area (Å²) in [5, 5.41) is 3.28. The third-order valence-corrected chi connectivity index (χ3v) is 3.29. The van der Waals surface area contributed by atoms with Gasteiger partial charge in [-0.2, -0.15) is 0 Å². The maximum atomic E-state index is 5.98. The van der Waals surface area contributed by atoms with E-state index in [2.05, 4.69) is 5.32 Å². The van der Waals surface area contributed by atoms with Gasteiger partial charge in [-0.3, -0.25) is 0 Å². The van der Waals surface area contributed by atoms with Gasteiger partial charge in [0.1, 0.15) is 5.75 Å². The first kappa shape index (κ1) is 13.4. The minimum Gasteiger partial charge on any atom is -0.497 e. The lowest BCUT2D eigenvalue weighted by atomic mass is 10.2. The van der Waals surface area contributed by atoms with Crippen molar-refractivity contribution >= 4 is 17.1 Å². The van der Waals surface area contributed by atoms with Gasteiger partial charge in [0, 0.05) is 24.2 Å². The molecule has 0 bridgehead atoms. The molecule has 0 amide bonds. The van der Waals surface area contributed by atoms with Crippen LogP contribution in [0.3, 0.4) is 0 Å². The predicted molar refractivity (Wildman–Crippen MR) is 82.7 cm³/mol. The van der Waals surface area contributed by atoms with E-state index in [-0.39, 0.29) is 0 Å². The number of methoxy groups -OCH3 is 1. The molecular weight excluding hydrogens is 268 g/mol. The normalized spacial score (nSPS) is 13.4. The highest BCUT2D eigenvalue weighted by atomic mass is 16.5. The molecule has 0 unspecified atom stereocenters. The van der Waals surface area contributed by atoms with Gasteiger partial charge >= 0.3 is 0 Å². The minimum atomic E-state index is 0.655. The predicted octanol–water partition coefficient (Wildman–Crippen LogP) is 3.18. The molecule has 110 valence electrons. The third kappa shape index (κ3) is 2.97. The molecule has 0 saturated carbocycles. The molecule has 1 aliphatic rings. The lowest BCUT2D eigenvalue weighted by Crippen LogP contribution is -1.98. The Morgan fingerprint density at radius 1 is 1.05 bits per heavy atom. The monoisotopic (exact) mass is 286 g/mol. The van der Waals surface area contributed by atoms with Gasteiger partial charge in [0.2, 0.25) is 0 Å². The summed E-state index contributed by atoms with van der Waals surface area (Å²) in [6.45, 7) is 1.35. The fourth-order valence-electron chi connectivity index (χ4n) is 2.17. The fraction of sp³-hybridized carbons (Fsp3) is 0.250. The molecule has 0 aromatic heterocycles. The van der Waals surface area contributed by atoms with E-state index < -0.39 is 0 Å². The van der Waals surface area contributed by atoms with Crippen molar-refractivity contribution in [1.82, 2.24) is 0 Å². The van der Waals surface area contributed by atoms with Crippen LogP contribution in [0.15, 0.2) is 36.4 Å². The average molecular weight is 286 g/mol. The maximum absolute atomic E-state index is 5.98. The highest BCUT2D eigenvalue weighted by molar-refractivity contribution is 5.75. The van der Waals surface area contributed by atoms with E-state index in [4.69, 9.17) is 19.9 Å². The van der Waals surface area contributed by atoms with Crippen LogP contribution in [0, 0.1) is 0 Å². The Bertz CT molecular complexity index is 643. The number of nitrogen functional groups attached to an aromatic ring is 1. The number of hydrogen-bond acceptors (Lipinski definition) is 5. The van der Waals surface area contributed by atoms with Gasteiger partial charge in [0.15, 0.2) is 11.5 Å². The van der Waals surface area contributed by atoms with Gasteiger partial charge in [-0.1, -0.05) is 0 Å². The second-order valence-corrected chi connectivity index (χ2v) is 4.79. The van der Waals surface area contributed by atoms with Crippen LogP contribution in [0.1, 0.15) is 6.42 Å². The number of rotatable bonds is 3. The zero-order valence-corrected chi connectivity index (χ0v) is 11.9. The van der Waals surface area contributed by atoms with Crippen molar-refractivity contribution in [2.24, 2.45) is 0 Å². The number of fused-ring (bicyclic) bond motifs is 1. The van der Waals surface area contributed by atoms with Crippen molar-refractivity contribution in [3.8, 4) is 17.2 Å². The van der Waals surface area contributed by atoms with E-state index >= 15 is 0 Å². The van der Waals surface area contributed by atoms with Crippen molar-refractivity contribution in [1.29, 1.82) is 0 Å². The lowest BCUT2D eigenvalue weighted by molar-refractivity contribution is 0.297. The molecule has 1 heterocycles. The van der Waals surface area contributed by atoms with Crippen molar-refractivity contribution in [2.75, 3.05) is 31.4 Å². The van der Waals surface area contributed by atoms with Crippen LogP contribution < -0.4 is 25.3 Å². The molecular formula is C16H18N2O3. The Hall–Kier alpha value is -2.56. The standard InChI is InChI=1S/C16H18N2O3/c1-19-12-4-5-13(17)14(10-12)18-11-3-6-15-16(9-11)21-8-2-7-20-15/h3-6,9-10,18H,2,7-8,17H2,1H3. The van der Waals surface area contributed by atoms with E-state index in [9.17, 15) is 0 Å². The largest absolute Gasteiger partial charge is 0.497 e. The summed E-state index contributed by atoms with van der Waals surface area (Å²) < 4.78 is 16.5. The van der Waals surface area contributed by atoms with E-state index in [0.29, 0.717) is 18.9 Å². The quantitative estimate of drug-likeness (QED) is 0.848. The number of hydrogen-bond donors (Lipinski definition) is 2. The first-order chi connectivity index (χ1) is 10.3. The second-order valence-electron chi connectivity index (χ2n) is 4.79. The van der Waals surface area contributed by atoms with Crippen molar-refractivity contribution < 1.29 is 14.2 Å². The molecule has 0 aliphatic carbocycles. The molecule has 0 saturated heterocycles. The van der Waals surface area contributed by atoms with E-state index in [1.54, 1.807) is 7.11 Å². The van der Waals surface area contributed by atoms with E-state index in [1.165, 1.54) is 0 Å². The van der Waals surface area contributed by atoms with E-state index in [0.717, 1.165) is 35.0 Å². The summed E-state index contributed by atoms with van der Waals surface area (Å²) in [6.07, 6.45) is 0.889. The first-order valence-corrected chi connectivity index (χ1v) is 6.86. The Kier molecular flexibility index (Phi) is 3.73. The summed E-state index contributed by atoms with van der Waals surface area (Å²) in [7, 11) is 1.63. The molecule has 0 spiro atoms. The summed E-state index contributed by atoms with van der Waals surface area (Å²) in [5.74, 6) is 2.27. The Morgan fingerprint density at radius 2 is 1.86 bits per heavy atom. The summed E-state index contributed by atoms with van der Waals surface area (Å²) in [4.78, 5) is 0. The molecule has 1 aliphatic heterocycles. The number of ether oxygens (including phenoxy) is 3. The molecule has 0 atom stereocenters. The minimum absolute atomic E-state index is 0.655. The molecule has 2 aromatic carbocycles. The number of nitrogens with one attached hydrogen (secondary N) is 1. The van der Waals surface area contributed by atoms with Crippen LogP contribution in [0.2, 0.25) is 0 Å². The molecule has 2 aromatic rings. The van der Waals surface area contributed by atoms with Gasteiger partial charge in [-0.15, -0.1) is 0 Å². The highest BCUT2D eigenvalue weighted by Gasteiger charge is 2.11. The first-order valence-electron chi connectivity index (χ1n) is 6.86. The Labute approximate surface area is 123 Å². The van der Waals surface area contributed by atoms with Crippen molar-refractivity contribution in [3.05, 3.63) is 36.4 Å². The van der Waals surface area contributed by atoms with Gasteiger partial charge < -0.3 is 25.3 Å². The second kappa shape index (κ2) is 5.83. The molecule has 3 N–H and O–H groups in total. The summed E-state index contributed by atoms with van der Waals surface area (Å²) >= 11 is 0. The molecule has 21 heavy (non-hydrogen) atoms. The molecule has 3 rings (SSSR count). The Morgan fingerprint density at radius 3 is 2.67 bits per heavy atom. The van der Waals surface area contributed by atoms with Crippen LogP contribution in [0.5, 0.6) is 17.2 Å². The molecule has 0 radical (unpaired) electrons. The van der Waals surface area contributed by atoms with E-state index in [1.807, 2.05) is 36.4 Å². The average Bonchev–Trinajstić information content (AvgIpc) is 2.74. The smallest absolute Gasteiger partial charge is 0.163 e. The Balaban J connectivity index is 1.86. The zero-order chi connectivity index (χ0) is 14.7. The lowest BCUT2D eigenvalue weighted by Gasteiger charge is -2.13. The number of anilines is 3. The highest BCUT2D eigenvalue weighted by Crippen LogP contribution is 2.34. The van der Waals surface area contributed by atoms with Crippen molar-refractivity contribution in [2.45, 2.75) is 6.42 Å². The van der Waals surface area contributed by atoms with Crippen LogP contribution in [0.4, 0.5) is 17.1 Å². The number of benzene rings is 2. The van der Waals surface area contributed by atoms with Gasteiger partial charge in [0.25, 0.3) is 0 Å². The fourth-order valence-corrected chi connectivity index (χ4v) is 2.17. The van der Waals surface area contributed by atoms with Crippen LogP contribution in [-0.4, -0.2) is 20.3 Å². The summed E-state index contributed by atoms with van der Waals surface area (Å²) in [6, 6.07) is 11.3. The molecule has 0 fully saturated rings. The SMILES string of the molecule is COc1ccc(N)c(Nc2ccc3c(c2)OCCCO3)c1. The molecule has 5 nitrogen and oxygen atoms in total. The van der Waals surface area contributed by atoms with Gasteiger partial charge in [-0.05, 0) is 24.3 Å². The van der Waals surface area contributed by atoms with Crippen LogP contribution in [-0.2, 0) is 0 Å². The number of nitrogens with two attached hydrogens (primary N) is 1. The van der Waals surface area contributed by atoms with Gasteiger partial charge in [0.05, 0.1) is 31.7 Å². The summed E-state index contributed by atoms with van der Waals surface area (Å²) in [5.41, 5.74) is 8.32. The topological polar surface area (TPSA) is 65.7 Å².